The van der Waals surface area contributed by atoms with E-state index in [9.17, 15) is 18.0 Å². The van der Waals surface area contributed by atoms with E-state index in [2.05, 4.69) is 0 Å². The van der Waals surface area contributed by atoms with Gasteiger partial charge < -0.3 is 19.3 Å². The standard InChI is InChI=1S/C21H23F3N2O3/c1-25(2)17-8-6-15(7-9-17)20(27)26-10-11-28-19(13-26)14-29-18-5-3-4-16(12-18)21(22,23)24/h3-9,12,19H,10-11,13-14H2,1-2H3. The molecule has 1 amide bonds. The number of ether oxygens (including phenoxy) is 2. The van der Waals surface area contributed by atoms with E-state index < -0.39 is 17.8 Å². The second kappa shape index (κ2) is 8.73. The van der Waals surface area contributed by atoms with Crippen molar-refractivity contribution in [3.8, 4) is 5.75 Å². The molecule has 0 aromatic heterocycles. The summed E-state index contributed by atoms with van der Waals surface area (Å²) in [6.45, 7) is 1.17. The van der Waals surface area contributed by atoms with Crippen LogP contribution in [0.4, 0.5) is 18.9 Å². The van der Waals surface area contributed by atoms with Gasteiger partial charge in [-0.15, -0.1) is 0 Å². The molecule has 1 saturated heterocycles. The zero-order chi connectivity index (χ0) is 21.0. The Morgan fingerprint density at radius 1 is 1.21 bits per heavy atom. The summed E-state index contributed by atoms with van der Waals surface area (Å²) in [5, 5.41) is 0. The van der Waals surface area contributed by atoms with Gasteiger partial charge in [-0.25, -0.2) is 0 Å². The Hall–Kier alpha value is -2.74. The van der Waals surface area contributed by atoms with Crippen LogP contribution in [-0.4, -0.2) is 57.3 Å². The van der Waals surface area contributed by atoms with Crippen LogP contribution < -0.4 is 9.64 Å². The van der Waals surface area contributed by atoms with Crippen LogP contribution in [-0.2, 0) is 10.9 Å². The third-order valence-corrected chi connectivity index (χ3v) is 4.65. The average Bonchev–Trinajstić information content (AvgIpc) is 2.71. The average molecular weight is 408 g/mol. The van der Waals surface area contributed by atoms with E-state index in [1.165, 1.54) is 12.1 Å². The zero-order valence-electron chi connectivity index (χ0n) is 16.3. The molecule has 1 aliphatic heterocycles. The van der Waals surface area contributed by atoms with Crippen LogP contribution in [0.5, 0.6) is 5.75 Å². The highest BCUT2D eigenvalue weighted by atomic mass is 19.4. The molecule has 1 heterocycles. The number of carbonyl (C=O) groups excluding carboxylic acids is 1. The number of anilines is 1. The fraction of sp³-hybridized carbons (Fsp3) is 0.381. The molecule has 0 saturated carbocycles. The molecule has 29 heavy (non-hydrogen) atoms. The molecule has 0 N–H and O–H groups in total. The molecule has 3 rings (SSSR count). The highest BCUT2D eigenvalue weighted by Crippen LogP contribution is 2.31. The SMILES string of the molecule is CN(C)c1ccc(C(=O)N2CCOC(COc3cccc(C(F)(F)F)c3)C2)cc1. The van der Waals surface area contributed by atoms with E-state index in [0.29, 0.717) is 25.3 Å². The highest BCUT2D eigenvalue weighted by Gasteiger charge is 2.31. The normalized spacial score (nSPS) is 17.1. The van der Waals surface area contributed by atoms with Crippen molar-refractivity contribution >= 4 is 11.6 Å². The minimum atomic E-state index is -4.42. The predicted octanol–water partition coefficient (Wildman–Crippen LogP) is 3.69. The molecule has 2 aromatic carbocycles. The molecule has 2 aromatic rings. The number of halogens is 3. The van der Waals surface area contributed by atoms with Crippen molar-refractivity contribution in [3.05, 3.63) is 59.7 Å². The maximum atomic E-state index is 12.8. The van der Waals surface area contributed by atoms with E-state index in [1.807, 2.05) is 31.1 Å². The van der Waals surface area contributed by atoms with Gasteiger partial charge in [-0.1, -0.05) is 6.07 Å². The topological polar surface area (TPSA) is 42.0 Å². The van der Waals surface area contributed by atoms with Gasteiger partial charge >= 0.3 is 6.18 Å². The predicted molar refractivity (Wildman–Crippen MR) is 103 cm³/mol. The Balaban J connectivity index is 1.58. The largest absolute Gasteiger partial charge is 0.491 e. The van der Waals surface area contributed by atoms with Crippen molar-refractivity contribution in [2.75, 3.05) is 45.3 Å². The number of carbonyl (C=O) groups is 1. The van der Waals surface area contributed by atoms with Crippen molar-refractivity contribution in [2.45, 2.75) is 12.3 Å². The molecule has 156 valence electrons. The molecule has 0 spiro atoms. The van der Waals surface area contributed by atoms with Gasteiger partial charge in [0.2, 0.25) is 0 Å². The van der Waals surface area contributed by atoms with Gasteiger partial charge in [0.1, 0.15) is 18.5 Å². The molecule has 1 atom stereocenters. The molecule has 0 aliphatic carbocycles. The van der Waals surface area contributed by atoms with Gasteiger partial charge in [-0.3, -0.25) is 4.79 Å². The van der Waals surface area contributed by atoms with Crippen LogP contribution >= 0.6 is 0 Å². The highest BCUT2D eigenvalue weighted by molar-refractivity contribution is 5.94. The monoisotopic (exact) mass is 408 g/mol. The summed E-state index contributed by atoms with van der Waals surface area (Å²) in [6.07, 6.45) is -4.84. The summed E-state index contributed by atoms with van der Waals surface area (Å²) in [5.74, 6) is 0.00817. The zero-order valence-corrected chi connectivity index (χ0v) is 16.3. The Morgan fingerprint density at radius 3 is 2.59 bits per heavy atom. The number of hydrogen-bond donors (Lipinski definition) is 0. The number of morpholine rings is 1. The first kappa shape index (κ1) is 21.0. The number of amides is 1. The molecule has 0 radical (unpaired) electrons. The van der Waals surface area contributed by atoms with Gasteiger partial charge in [0.25, 0.3) is 5.91 Å². The first-order valence-corrected chi connectivity index (χ1v) is 9.22. The summed E-state index contributed by atoms with van der Waals surface area (Å²) in [5.41, 5.74) is 0.809. The third-order valence-electron chi connectivity index (χ3n) is 4.65. The summed E-state index contributed by atoms with van der Waals surface area (Å²) in [7, 11) is 3.85. The van der Waals surface area contributed by atoms with Gasteiger partial charge in [0.05, 0.1) is 18.7 Å². The Bertz CT molecular complexity index is 838. The first-order valence-electron chi connectivity index (χ1n) is 9.22. The van der Waals surface area contributed by atoms with Crippen molar-refractivity contribution in [3.63, 3.8) is 0 Å². The lowest BCUT2D eigenvalue weighted by molar-refractivity contribution is -0.137. The number of hydrogen-bond acceptors (Lipinski definition) is 4. The first-order chi connectivity index (χ1) is 13.7. The van der Waals surface area contributed by atoms with E-state index in [0.717, 1.165) is 17.8 Å². The number of rotatable bonds is 5. The molecular formula is C21H23F3N2O3. The fourth-order valence-corrected chi connectivity index (χ4v) is 3.04. The van der Waals surface area contributed by atoms with Gasteiger partial charge in [0, 0.05) is 31.9 Å². The summed E-state index contributed by atoms with van der Waals surface area (Å²) in [6, 6.07) is 12.0. The van der Waals surface area contributed by atoms with Crippen molar-refractivity contribution < 1.29 is 27.4 Å². The molecule has 5 nitrogen and oxygen atoms in total. The van der Waals surface area contributed by atoms with Crippen LogP contribution in [0.1, 0.15) is 15.9 Å². The van der Waals surface area contributed by atoms with Gasteiger partial charge in [-0.05, 0) is 42.5 Å². The lowest BCUT2D eigenvalue weighted by atomic mass is 10.1. The van der Waals surface area contributed by atoms with Crippen LogP contribution in [0.25, 0.3) is 0 Å². The van der Waals surface area contributed by atoms with E-state index in [4.69, 9.17) is 9.47 Å². The van der Waals surface area contributed by atoms with Crippen molar-refractivity contribution in [1.82, 2.24) is 4.90 Å². The van der Waals surface area contributed by atoms with Crippen molar-refractivity contribution in [2.24, 2.45) is 0 Å². The Morgan fingerprint density at radius 2 is 1.93 bits per heavy atom. The maximum Gasteiger partial charge on any atom is 0.416 e. The molecular weight excluding hydrogens is 385 g/mol. The third kappa shape index (κ3) is 5.41. The molecule has 1 aliphatic rings. The lowest BCUT2D eigenvalue weighted by Crippen LogP contribution is -2.47. The van der Waals surface area contributed by atoms with Gasteiger partial charge in [-0.2, -0.15) is 13.2 Å². The second-order valence-corrected chi connectivity index (χ2v) is 7.02. The fourth-order valence-electron chi connectivity index (χ4n) is 3.04. The Kier molecular flexibility index (Phi) is 6.32. The summed E-state index contributed by atoms with van der Waals surface area (Å²) < 4.78 is 49.5. The van der Waals surface area contributed by atoms with Crippen LogP contribution in [0.15, 0.2) is 48.5 Å². The second-order valence-electron chi connectivity index (χ2n) is 7.02. The molecule has 1 fully saturated rings. The minimum Gasteiger partial charge on any atom is -0.491 e. The van der Waals surface area contributed by atoms with E-state index in [1.54, 1.807) is 17.0 Å². The molecule has 0 bridgehead atoms. The summed E-state index contributed by atoms with van der Waals surface area (Å²) >= 11 is 0. The molecule has 8 heteroatoms. The smallest absolute Gasteiger partial charge is 0.416 e. The Labute approximate surface area is 167 Å². The van der Waals surface area contributed by atoms with E-state index in [-0.39, 0.29) is 18.3 Å². The van der Waals surface area contributed by atoms with Gasteiger partial charge in [0.15, 0.2) is 0 Å². The minimum absolute atomic E-state index is 0.0602. The number of benzene rings is 2. The number of alkyl halides is 3. The van der Waals surface area contributed by atoms with Crippen molar-refractivity contribution in [1.29, 1.82) is 0 Å². The van der Waals surface area contributed by atoms with Crippen LogP contribution in [0.2, 0.25) is 0 Å². The lowest BCUT2D eigenvalue weighted by Gasteiger charge is -2.33. The quantitative estimate of drug-likeness (QED) is 0.757. The molecule has 1 unspecified atom stereocenters. The summed E-state index contributed by atoms with van der Waals surface area (Å²) in [4.78, 5) is 16.4. The van der Waals surface area contributed by atoms with E-state index >= 15 is 0 Å². The maximum absolute atomic E-state index is 12.8. The van der Waals surface area contributed by atoms with Crippen LogP contribution in [0, 0.1) is 0 Å². The number of nitrogens with zero attached hydrogens (tertiary/aromatic N) is 2. The van der Waals surface area contributed by atoms with Crippen LogP contribution in [0.3, 0.4) is 0 Å².